The van der Waals surface area contributed by atoms with Gasteiger partial charge in [-0.3, -0.25) is 9.20 Å². The fraction of sp³-hybridized carbons (Fsp3) is 0.269. The highest BCUT2D eigenvalue weighted by molar-refractivity contribution is 6.05. The van der Waals surface area contributed by atoms with Crippen LogP contribution in [0.4, 0.5) is 0 Å². The van der Waals surface area contributed by atoms with Gasteiger partial charge >= 0.3 is 0 Å². The zero-order valence-corrected chi connectivity index (χ0v) is 19.2. The molecule has 0 N–H and O–H groups in total. The van der Waals surface area contributed by atoms with Crippen LogP contribution in [0.25, 0.3) is 16.7 Å². The summed E-state index contributed by atoms with van der Waals surface area (Å²) in [6.45, 7) is 5.29. The molecule has 4 aromatic heterocycles. The lowest BCUT2D eigenvalue weighted by Gasteiger charge is -2.24. The van der Waals surface area contributed by atoms with Crippen LogP contribution in [-0.2, 0) is 6.54 Å². The number of carbonyl (C=O) groups excluding carboxylic acids is 1. The van der Waals surface area contributed by atoms with Gasteiger partial charge in [-0.25, -0.2) is 9.67 Å². The SMILES string of the molecule is Cc1ccc(Cn2ncc3c(C(=O)N4CCCC4c4nnc5ccccn45)cc(C)nc32)cc1. The Labute approximate surface area is 196 Å². The van der Waals surface area contributed by atoms with Crippen LogP contribution < -0.4 is 0 Å². The van der Waals surface area contributed by atoms with Gasteiger partial charge in [0.25, 0.3) is 5.91 Å². The Balaban J connectivity index is 1.37. The summed E-state index contributed by atoms with van der Waals surface area (Å²) in [5, 5.41) is 14.1. The molecular formula is C26H25N7O. The van der Waals surface area contributed by atoms with Crippen LogP contribution in [0.1, 0.15) is 51.9 Å². The topological polar surface area (TPSA) is 81.2 Å². The number of hydrogen-bond donors (Lipinski definition) is 0. The van der Waals surface area contributed by atoms with Crippen LogP contribution in [0.2, 0.25) is 0 Å². The molecule has 1 fully saturated rings. The Morgan fingerprint density at radius 3 is 2.79 bits per heavy atom. The van der Waals surface area contributed by atoms with Crippen LogP contribution in [-0.4, -0.2) is 46.7 Å². The number of benzene rings is 1. The molecule has 1 aliphatic rings. The van der Waals surface area contributed by atoms with Crippen LogP contribution in [0.15, 0.2) is 60.9 Å². The molecule has 0 aliphatic carbocycles. The van der Waals surface area contributed by atoms with Crippen LogP contribution in [0.5, 0.6) is 0 Å². The van der Waals surface area contributed by atoms with Crippen molar-refractivity contribution in [3.63, 3.8) is 0 Å². The predicted octanol–water partition coefficient (Wildman–Crippen LogP) is 4.12. The first-order chi connectivity index (χ1) is 16.6. The number of carbonyl (C=O) groups is 1. The molecule has 1 amide bonds. The molecule has 1 atom stereocenters. The van der Waals surface area contributed by atoms with Crippen molar-refractivity contribution >= 4 is 22.6 Å². The molecule has 1 aliphatic heterocycles. The van der Waals surface area contributed by atoms with Gasteiger partial charge in [-0.2, -0.15) is 5.10 Å². The van der Waals surface area contributed by atoms with E-state index in [-0.39, 0.29) is 11.9 Å². The Hall–Kier alpha value is -4.07. The second-order valence-corrected chi connectivity index (χ2v) is 8.98. The Morgan fingerprint density at radius 1 is 1.09 bits per heavy atom. The first-order valence-electron chi connectivity index (χ1n) is 11.6. The number of rotatable bonds is 4. The molecule has 0 bridgehead atoms. The number of aryl methyl sites for hydroxylation is 2. The third-order valence-corrected chi connectivity index (χ3v) is 6.57. The first kappa shape index (κ1) is 20.5. The number of fused-ring (bicyclic) bond motifs is 2. The molecular weight excluding hydrogens is 426 g/mol. The van der Waals surface area contributed by atoms with E-state index in [9.17, 15) is 4.79 Å². The van der Waals surface area contributed by atoms with Gasteiger partial charge in [-0.15, -0.1) is 10.2 Å². The lowest BCUT2D eigenvalue weighted by Crippen LogP contribution is -2.31. The van der Waals surface area contributed by atoms with E-state index in [1.165, 1.54) is 5.56 Å². The van der Waals surface area contributed by atoms with Crippen molar-refractivity contribution in [1.82, 2.24) is 34.3 Å². The van der Waals surface area contributed by atoms with Crippen molar-refractivity contribution in [3.8, 4) is 0 Å². The average molecular weight is 452 g/mol. The first-order valence-corrected chi connectivity index (χ1v) is 11.6. The van der Waals surface area contributed by atoms with Crippen LogP contribution in [0.3, 0.4) is 0 Å². The minimum Gasteiger partial charge on any atom is -0.328 e. The largest absolute Gasteiger partial charge is 0.328 e. The molecule has 6 rings (SSSR count). The van der Waals surface area contributed by atoms with E-state index in [2.05, 4.69) is 46.5 Å². The van der Waals surface area contributed by atoms with E-state index >= 15 is 0 Å². The van der Waals surface area contributed by atoms with E-state index < -0.39 is 0 Å². The maximum atomic E-state index is 13.9. The highest BCUT2D eigenvalue weighted by Crippen LogP contribution is 2.33. The number of likely N-dealkylation sites (tertiary alicyclic amines) is 1. The van der Waals surface area contributed by atoms with E-state index in [1.54, 1.807) is 6.20 Å². The van der Waals surface area contributed by atoms with Crippen molar-refractivity contribution in [2.75, 3.05) is 6.54 Å². The summed E-state index contributed by atoms with van der Waals surface area (Å²) in [5.74, 6) is 0.791. The quantitative estimate of drug-likeness (QED) is 0.411. The highest BCUT2D eigenvalue weighted by atomic mass is 16.2. The average Bonchev–Trinajstić information content (AvgIpc) is 3.58. The minimum atomic E-state index is -0.115. The second kappa shape index (κ2) is 8.06. The zero-order valence-electron chi connectivity index (χ0n) is 19.2. The molecule has 0 saturated carbocycles. The molecule has 1 aromatic carbocycles. The summed E-state index contributed by atoms with van der Waals surface area (Å²) in [5.41, 5.74) is 5.31. The molecule has 0 radical (unpaired) electrons. The number of pyridine rings is 2. The van der Waals surface area contributed by atoms with Gasteiger partial charge in [0.05, 0.1) is 29.7 Å². The maximum absolute atomic E-state index is 13.9. The molecule has 1 saturated heterocycles. The summed E-state index contributed by atoms with van der Waals surface area (Å²) in [4.78, 5) is 20.5. The Kier molecular flexibility index (Phi) is 4.86. The van der Waals surface area contributed by atoms with Crippen LogP contribution in [0, 0.1) is 13.8 Å². The number of amides is 1. The third-order valence-electron chi connectivity index (χ3n) is 6.57. The summed E-state index contributed by atoms with van der Waals surface area (Å²) >= 11 is 0. The fourth-order valence-corrected chi connectivity index (χ4v) is 4.85. The smallest absolute Gasteiger partial charge is 0.255 e. The zero-order chi connectivity index (χ0) is 23.2. The minimum absolute atomic E-state index is 0.0134. The van der Waals surface area contributed by atoms with Gasteiger partial charge in [0.15, 0.2) is 17.1 Å². The Bertz CT molecular complexity index is 1520. The summed E-state index contributed by atoms with van der Waals surface area (Å²) in [6, 6.07) is 16.0. The highest BCUT2D eigenvalue weighted by Gasteiger charge is 2.34. The molecule has 5 aromatic rings. The van der Waals surface area contributed by atoms with Crippen molar-refractivity contribution < 1.29 is 4.79 Å². The number of nitrogens with zero attached hydrogens (tertiary/aromatic N) is 7. The van der Waals surface area contributed by atoms with E-state index in [1.807, 2.05) is 51.4 Å². The maximum Gasteiger partial charge on any atom is 0.255 e. The molecule has 8 nitrogen and oxygen atoms in total. The van der Waals surface area contributed by atoms with E-state index in [4.69, 9.17) is 4.98 Å². The molecule has 170 valence electrons. The summed E-state index contributed by atoms with van der Waals surface area (Å²) < 4.78 is 3.85. The molecule has 0 spiro atoms. The van der Waals surface area contributed by atoms with Gasteiger partial charge < -0.3 is 4.90 Å². The lowest BCUT2D eigenvalue weighted by atomic mass is 10.1. The molecule has 1 unspecified atom stereocenters. The molecule has 5 heterocycles. The number of aromatic nitrogens is 6. The standard InChI is InChI=1S/C26H25N7O/c1-17-8-10-19(11-9-17)16-33-24-21(15-27-33)20(14-18(2)28-24)26(34)31-13-5-6-22(31)25-30-29-23-7-3-4-12-32(23)25/h3-4,7-12,14-15,22H,5-6,13,16H2,1-2H3. The van der Waals surface area contributed by atoms with Crippen LogP contribution >= 0.6 is 0 Å². The number of hydrogen-bond acceptors (Lipinski definition) is 5. The van der Waals surface area contributed by atoms with Gasteiger partial charge in [-0.05, 0) is 50.5 Å². The van der Waals surface area contributed by atoms with Crippen molar-refractivity contribution in [1.29, 1.82) is 0 Å². The fourth-order valence-electron chi connectivity index (χ4n) is 4.85. The van der Waals surface area contributed by atoms with Gasteiger partial charge in [-0.1, -0.05) is 35.9 Å². The van der Waals surface area contributed by atoms with Gasteiger partial charge in [0.1, 0.15) is 0 Å². The summed E-state index contributed by atoms with van der Waals surface area (Å²) in [6.07, 6.45) is 5.51. The second-order valence-electron chi connectivity index (χ2n) is 8.98. The normalized spacial score (nSPS) is 16.1. The molecule has 8 heteroatoms. The van der Waals surface area contributed by atoms with Gasteiger partial charge in [0.2, 0.25) is 0 Å². The lowest BCUT2D eigenvalue weighted by molar-refractivity contribution is 0.0731. The monoisotopic (exact) mass is 451 g/mol. The van der Waals surface area contributed by atoms with Crippen molar-refractivity contribution in [2.45, 2.75) is 39.3 Å². The summed E-state index contributed by atoms with van der Waals surface area (Å²) in [7, 11) is 0. The third kappa shape index (κ3) is 3.42. The van der Waals surface area contributed by atoms with E-state index in [0.29, 0.717) is 18.7 Å². The van der Waals surface area contributed by atoms with Crippen molar-refractivity contribution in [3.05, 3.63) is 89.1 Å². The van der Waals surface area contributed by atoms with Crippen molar-refractivity contribution in [2.24, 2.45) is 0 Å². The Morgan fingerprint density at radius 2 is 1.94 bits per heavy atom. The molecule has 34 heavy (non-hydrogen) atoms. The van der Waals surface area contributed by atoms with E-state index in [0.717, 1.165) is 46.6 Å². The predicted molar refractivity (Wildman–Crippen MR) is 129 cm³/mol. The van der Waals surface area contributed by atoms with Gasteiger partial charge in [0, 0.05) is 18.4 Å².